The maximum Gasteiger partial charge on any atom is 0.306 e. The lowest BCUT2D eigenvalue weighted by Crippen LogP contribution is -2.28. The van der Waals surface area contributed by atoms with Crippen LogP contribution in [0.5, 0.6) is 0 Å². The van der Waals surface area contributed by atoms with Gasteiger partial charge >= 0.3 is 11.9 Å². The molecule has 0 aliphatic heterocycles. The van der Waals surface area contributed by atoms with Gasteiger partial charge in [-0.25, -0.2) is 0 Å². The molecule has 0 aliphatic rings. The predicted molar refractivity (Wildman–Crippen MR) is 416 cm³/mol. The fourth-order valence-corrected chi connectivity index (χ4v) is 10.6. The van der Waals surface area contributed by atoms with Crippen molar-refractivity contribution < 1.29 is 24.2 Å². The number of unbranched alkanes of at least 4 members (excludes halogenated alkanes) is 30. The molecular formula is C89H144O5. The molecule has 0 aromatic carbocycles. The van der Waals surface area contributed by atoms with E-state index in [1.165, 1.54) is 167 Å². The fourth-order valence-electron chi connectivity index (χ4n) is 10.6. The molecule has 5 nitrogen and oxygen atoms in total. The van der Waals surface area contributed by atoms with Gasteiger partial charge in [0.25, 0.3) is 0 Å². The van der Waals surface area contributed by atoms with Gasteiger partial charge in [-0.05, 0) is 141 Å². The van der Waals surface area contributed by atoms with E-state index in [0.29, 0.717) is 12.8 Å². The maximum absolute atomic E-state index is 12.4. The summed E-state index contributed by atoms with van der Waals surface area (Å²) in [6.07, 6.45) is 129. The van der Waals surface area contributed by atoms with Crippen molar-refractivity contribution in [1.82, 2.24) is 0 Å². The highest BCUT2D eigenvalue weighted by Crippen LogP contribution is 2.17. The van der Waals surface area contributed by atoms with Crippen LogP contribution < -0.4 is 0 Å². The van der Waals surface area contributed by atoms with E-state index in [-0.39, 0.29) is 25.2 Å². The van der Waals surface area contributed by atoms with Crippen LogP contribution in [0.3, 0.4) is 0 Å². The molecular weight excluding hydrogens is 1150 g/mol. The van der Waals surface area contributed by atoms with Crippen molar-refractivity contribution in [1.29, 1.82) is 0 Å². The van der Waals surface area contributed by atoms with Crippen molar-refractivity contribution in [2.45, 2.75) is 341 Å². The number of hydrogen-bond donors (Lipinski definition) is 1. The first-order valence-electron chi connectivity index (χ1n) is 39.0. The monoisotopic (exact) mass is 1290 g/mol. The number of esters is 2. The topological polar surface area (TPSA) is 72.8 Å². The zero-order chi connectivity index (χ0) is 67.5. The third-order valence-corrected chi connectivity index (χ3v) is 16.4. The first-order chi connectivity index (χ1) is 46.6. The summed E-state index contributed by atoms with van der Waals surface area (Å²) in [7, 11) is 0. The Kier molecular flexibility index (Phi) is 77.4. The first-order valence-corrected chi connectivity index (χ1v) is 39.0. The van der Waals surface area contributed by atoms with Gasteiger partial charge in [-0.2, -0.15) is 0 Å². The van der Waals surface area contributed by atoms with Crippen molar-refractivity contribution >= 4 is 11.9 Å². The number of hydrogen-bond acceptors (Lipinski definition) is 5. The summed E-state index contributed by atoms with van der Waals surface area (Å²) in [4.78, 5) is 24.7. The van der Waals surface area contributed by atoms with Crippen LogP contribution in [-0.4, -0.2) is 36.4 Å². The molecule has 0 bridgehead atoms. The van der Waals surface area contributed by atoms with Crippen molar-refractivity contribution in [3.8, 4) is 0 Å². The minimum absolute atomic E-state index is 0.0726. The Hall–Kier alpha value is -5.26. The van der Waals surface area contributed by atoms with E-state index in [4.69, 9.17) is 9.47 Å². The average molecular weight is 1290 g/mol. The molecule has 1 unspecified atom stereocenters. The molecule has 0 aliphatic carbocycles. The molecule has 0 saturated heterocycles. The third kappa shape index (κ3) is 79.2. The summed E-state index contributed by atoms with van der Waals surface area (Å²) in [6, 6.07) is 0. The molecule has 1 N–H and O–H groups in total. The zero-order valence-corrected chi connectivity index (χ0v) is 60.9. The summed E-state index contributed by atoms with van der Waals surface area (Å²) in [5.41, 5.74) is 0. The minimum atomic E-state index is -0.785. The Bertz CT molecular complexity index is 2110. The van der Waals surface area contributed by atoms with Gasteiger partial charge in [0.15, 0.2) is 6.10 Å². The predicted octanol–water partition coefficient (Wildman–Crippen LogP) is 27.9. The van der Waals surface area contributed by atoms with E-state index in [9.17, 15) is 14.7 Å². The Morgan fingerprint density at radius 1 is 0.245 bits per heavy atom. The zero-order valence-electron chi connectivity index (χ0n) is 60.9. The summed E-state index contributed by atoms with van der Waals surface area (Å²) in [5.74, 6) is -0.590. The van der Waals surface area contributed by atoms with Crippen molar-refractivity contribution in [3.63, 3.8) is 0 Å². The second kappa shape index (κ2) is 82.0. The molecule has 0 heterocycles. The largest absolute Gasteiger partial charge is 0.462 e. The summed E-state index contributed by atoms with van der Waals surface area (Å²) in [5, 5.41) is 9.73. The third-order valence-electron chi connectivity index (χ3n) is 16.4. The molecule has 0 fully saturated rings. The Labute approximate surface area is 581 Å². The standard InChI is InChI=1S/C89H144O5/c1-3-5-7-9-11-13-15-17-19-21-23-25-27-29-31-33-35-37-39-41-43-44-46-48-50-52-54-56-58-60-62-64-66-68-70-72-74-76-78-80-82-84-89(92)94-87(85-90)86-93-88(91)83-81-79-77-75-73-71-69-67-65-63-61-59-57-55-53-51-49-47-45-42-40-38-36-34-32-30-28-26-24-22-20-18-16-14-12-10-8-6-4-2/h5-8,11-14,17-20,23-26,29-32,35-38,41-43,45-46,48,52,54,87,90H,3-4,9-10,15-16,21-22,27-28,33-34,39-40,44,47,49-51,53,55-86H2,1-2H3/b7-5-,8-6-,13-11-,14-12-,19-17-,20-18-,25-23-,26-24-,31-29-,32-30-,37-35-,38-36-,43-41-,45-42-,48-46-,54-52-. The van der Waals surface area contributed by atoms with Crippen molar-refractivity contribution in [2.75, 3.05) is 13.2 Å². The highest BCUT2D eigenvalue weighted by atomic mass is 16.6. The summed E-state index contributed by atoms with van der Waals surface area (Å²) >= 11 is 0. The molecule has 530 valence electrons. The lowest BCUT2D eigenvalue weighted by Gasteiger charge is -2.15. The highest BCUT2D eigenvalue weighted by molar-refractivity contribution is 5.70. The van der Waals surface area contributed by atoms with Crippen LogP contribution in [0.25, 0.3) is 0 Å². The number of carbonyl (C=O) groups excluding carboxylic acids is 2. The highest BCUT2D eigenvalue weighted by Gasteiger charge is 2.16. The molecule has 0 rings (SSSR count). The van der Waals surface area contributed by atoms with Gasteiger partial charge in [-0.3, -0.25) is 9.59 Å². The van der Waals surface area contributed by atoms with Crippen LogP contribution in [0.15, 0.2) is 194 Å². The quantitative estimate of drug-likeness (QED) is 0.0373. The maximum atomic E-state index is 12.4. The van der Waals surface area contributed by atoms with E-state index in [2.05, 4.69) is 208 Å². The lowest BCUT2D eigenvalue weighted by molar-refractivity contribution is -0.161. The van der Waals surface area contributed by atoms with Crippen LogP contribution >= 0.6 is 0 Å². The van der Waals surface area contributed by atoms with E-state index < -0.39 is 6.10 Å². The molecule has 1 atom stereocenters. The van der Waals surface area contributed by atoms with Gasteiger partial charge in [0, 0.05) is 12.8 Å². The van der Waals surface area contributed by atoms with Gasteiger partial charge in [0.05, 0.1) is 6.61 Å². The van der Waals surface area contributed by atoms with Crippen LogP contribution in [0, 0.1) is 0 Å². The van der Waals surface area contributed by atoms with E-state index in [1.54, 1.807) is 0 Å². The molecule has 5 heteroatoms. The van der Waals surface area contributed by atoms with Gasteiger partial charge in [-0.1, -0.05) is 375 Å². The molecule has 94 heavy (non-hydrogen) atoms. The SMILES string of the molecule is CC/C=C\C/C=C\C/C=C\C/C=C\C/C=C\C/C=C\C/C=C\C/C=C\C/C=C\CCCCCCCCCCCCCCCC(=O)OC(CO)COC(=O)CCCCCCCCCCCCCCCCCCC/C=C\C/C=C\C/C=C\C/C=C\C/C=C\C/C=C\C/C=C\CC. The van der Waals surface area contributed by atoms with E-state index >= 15 is 0 Å². The van der Waals surface area contributed by atoms with Crippen molar-refractivity contribution in [3.05, 3.63) is 194 Å². The lowest BCUT2D eigenvalue weighted by atomic mass is 10.0. The molecule has 0 radical (unpaired) electrons. The van der Waals surface area contributed by atoms with Gasteiger partial charge < -0.3 is 14.6 Å². The fraction of sp³-hybridized carbons (Fsp3) is 0.618. The molecule has 0 spiro atoms. The first kappa shape index (κ1) is 88.7. The van der Waals surface area contributed by atoms with Crippen LogP contribution in [0.1, 0.15) is 335 Å². The summed E-state index contributed by atoms with van der Waals surface area (Å²) < 4.78 is 10.8. The minimum Gasteiger partial charge on any atom is -0.462 e. The normalized spacial score (nSPS) is 13.4. The van der Waals surface area contributed by atoms with Gasteiger partial charge in [-0.15, -0.1) is 0 Å². The second-order valence-electron chi connectivity index (χ2n) is 25.3. The Morgan fingerprint density at radius 2 is 0.426 bits per heavy atom. The second-order valence-corrected chi connectivity index (χ2v) is 25.3. The number of rotatable bonds is 70. The summed E-state index contributed by atoms with van der Waals surface area (Å²) in [6.45, 7) is 3.93. The van der Waals surface area contributed by atoms with Gasteiger partial charge in [0.1, 0.15) is 6.61 Å². The molecule has 0 aromatic rings. The van der Waals surface area contributed by atoms with Gasteiger partial charge in [0.2, 0.25) is 0 Å². The number of allylic oxidation sites excluding steroid dienone is 32. The number of carbonyl (C=O) groups is 2. The van der Waals surface area contributed by atoms with Crippen LogP contribution in [-0.2, 0) is 19.1 Å². The van der Waals surface area contributed by atoms with Crippen LogP contribution in [0.2, 0.25) is 0 Å². The van der Waals surface area contributed by atoms with E-state index in [1.807, 2.05) is 0 Å². The molecule has 0 aromatic heterocycles. The average Bonchev–Trinajstić information content (AvgIpc) is 3.77. The van der Waals surface area contributed by atoms with Crippen LogP contribution in [0.4, 0.5) is 0 Å². The number of ether oxygens (including phenoxy) is 2. The van der Waals surface area contributed by atoms with Crippen molar-refractivity contribution in [2.24, 2.45) is 0 Å². The Balaban J connectivity index is 3.51. The van der Waals surface area contributed by atoms with E-state index in [0.717, 1.165) is 141 Å². The molecule has 0 amide bonds. The number of aliphatic hydroxyl groups is 1. The smallest absolute Gasteiger partial charge is 0.306 e. The Morgan fingerprint density at radius 3 is 0.638 bits per heavy atom. The molecule has 0 saturated carbocycles. The number of aliphatic hydroxyl groups excluding tert-OH is 1.